The summed E-state index contributed by atoms with van der Waals surface area (Å²) < 4.78 is 20.8. The molecule has 2 N–H and O–H groups in total. The van der Waals surface area contributed by atoms with Gasteiger partial charge in [-0.1, -0.05) is 47.6 Å². The molecule has 226 valence electrons. The predicted molar refractivity (Wildman–Crippen MR) is 155 cm³/mol. The first-order chi connectivity index (χ1) is 21.3. The molecule has 1 aliphatic rings. The summed E-state index contributed by atoms with van der Waals surface area (Å²) in [5.74, 6) is -3.07. The standard InChI is InChI=1S/C31H28N4O9/c1-19(36)43-26(29(38)32-23-12-10-22(11-13-23)28-33-31(40)44-34-28)27-30(39)35(14-15-41-27)24-9-5-8-21(16-24)17-25(37)42-18-20-6-3-2-4-7-20/h2-13,16,26-27H,14-15,17-18H2,1H3,(H,32,38)(H,33,34,40)/t26-,27-/m1/s1. The Morgan fingerprint density at radius 2 is 1.77 bits per heavy atom. The highest BCUT2D eigenvalue weighted by Crippen LogP contribution is 2.24. The third kappa shape index (κ3) is 7.44. The van der Waals surface area contributed by atoms with E-state index in [1.165, 1.54) is 17.0 Å². The number of benzene rings is 3. The molecule has 0 bridgehead atoms. The molecule has 2 amide bonds. The fourth-order valence-corrected chi connectivity index (χ4v) is 4.58. The van der Waals surface area contributed by atoms with Crippen LogP contribution in [0.4, 0.5) is 11.4 Å². The van der Waals surface area contributed by atoms with Gasteiger partial charge < -0.3 is 24.4 Å². The molecule has 44 heavy (non-hydrogen) atoms. The smallest absolute Gasteiger partial charge is 0.439 e. The number of hydrogen-bond donors (Lipinski definition) is 2. The molecule has 13 nitrogen and oxygen atoms in total. The van der Waals surface area contributed by atoms with Gasteiger partial charge in [0.15, 0.2) is 11.9 Å². The van der Waals surface area contributed by atoms with Crippen LogP contribution in [0.2, 0.25) is 0 Å². The van der Waals surface area contributed by atoms with E-state index in [-0.39, 0.29) is 32.0 Å². The van der Waals surface area contributed by atoms with Crippen molar-refractivity contribution in [1.29, 1.82) is 0 Å². The van der Waals surface area contributed by atoms with E-state index in [4.69, 9.17) is 14.2 Å². The van der Waals surface area contributed by atoms with Gasteiger partial charge in [-0.25, -0.2) is 4.79 Å². The van der Waals surface area contributed by atoms with Crippen molar-refractivity contribution in [3.05, 3.63) is 101 Å². The zero-order valence-electron chi connectivity index (χ0n) is 23.6. The molecule has 0 spiro atoms. The molecule has 1 aliphatic heterocycles. The van der Waals surface area contributed by atoms with Crippen molar-refractivity contribution in [2.24, 2.45) is 0 Å². The van der Waals surface area contributed by atoms with Crippen molar-refractivity contribution in [3.63, 3.8) is 0 Å². The predicted octanol–water partition coefficient (Wildman–Crippen LogP) is 2.62. The highest BCUT2D eigenvalue weighted by molar-refractivity contribution is 6.04. The van der Waals surface area contributed by atoms with E-state index in [1.807, 2.05) is 30.3 Å². The second-order valence-corrected chi connectivity index (χ2v) is 9.81. The number of hydrogen-bond acceptors (Lipinski definition) is 10. The van der Waals surface area contributed by atoms with E-state index in [2.05, 4.69) is 20.0 Å². The summed E-state index contributed by atoms with van der Waals surface area (Å²) in [7, 11) is 0. The minimum absolute atomic E-state index is 0.00730. The average molecular weight is 601 g/mol. The highest BCUT2D eigenvalue weighted by atomic mass is 16.6. The summed E-state index contributed by atoms with van der Waals surface area (Å²) in [5, 5.41) is 6.23. The number of nitrogens with zero attached hydrogens (tertiary/aromatic N) is 2. The highest BCUT2D eigenvalue weighted by Gasteiger charge is 2.42. The number of ether oxygens (including phenoxy) is 3. The fraction of sp³-hybridized carbons (Fsp3) is 0.226. The third-order valence-electron chi connectivity index (χ3n) is 6.63. The number of aromatic nitrogens is 2. The van der Waals surface area contributed by atoms with Crippen molar-refractivity contribution in [3.8, 4) is 11.4 Å². The molecule has 0 radical (unpaired) electrons. The number of aromatic amines is 1. The molecule has 4 aromatic rings. The van der Waals surface area contributed by atoms with Crippen LogP contribution >= 0.6 is 0 Å². The summed E-state index contributed by atoms with van der Waals surface area (Å²) in [4.78, 5) is 66.3. The molecule has 5 rings (SSSR count). The topological polar surface area (TPSA) is 170 Å². The third-order valence-corrected chi connectivity index (χ3v) is 6.63. The molecule has 3 aromatic carbocycles. The van der Waals surface area contributed by atoms with Crippen LogP contribution in [0.15, 0.2) is 88.2 Å². The lowest BCUT2D eigenvalue weighted by atomic mass is 10.1. The molecule has 1 saturated heterocycles. The first kappa shape index (κ1) is 29.9. The minimum Gasteiger partial charge on any atom is -0.461 e. The Bertz CT molecular complexity index is 1700. The Morgan fingerprint density at radius 3 is 2.48 bits per heavy atom. The maximum absolute atomic E-state index is 13.6. The van der Waals surface area contributed by atoms with Crippen LogP contribution in [0.3, 0.4) is 0 Å². The van der Waals surface area contributed by atoms with Gasteiger partial charge in [0, 0.05) is 30.4 Å². The Labute approximate surface area is 250 Å². The van der Waals surface area contributed by atoms with Gasteiger partial charge in [0.1, 0.15) is 6.61 Å². The van der Waals surface area contributed by atoms with Gasteiger partial charge >= 0.3 is 17.7 Å². The van der Waals surface area contributed by atoms with Crippen LogP contribution in [0.25, 0.3) is 11.4 Å². The zero-order valence-corrected chi connectivity index (χ0v) is 23.6. The van der Waals surface area contributed by atoms with Crippen molar-refractivity contribution in [1.82, 2.24) is 10.1 Å². The molecule has 1 fully saturated rings. The molecule has 2 atom stereocenters. The van der Waals surface area contributed by atoms with Crippen LogP contribution in [-0.4, -0.2) is 59.3 Å². The number of nitrogens with one attached hydrogen (secondary N) is 2. The first-order valence-electron chi connectivity index (χ1n) is 13.6. The zero-order chi connectivity index (χ0) is 31.1. The molecule has 0 unspecified atom stereocenters. The van der Waals surface area contributed by atoms with Gasteiger partial charge in [-0.15, -0.1) is 0 Å². The van der Waals surface area contributed by atoms with Crippen LogP contribution < -0.4 is 16.0 Å². The normalized spacial score (nSPS) is 15.3. The van der Waals surface area contributed by atoms with Crippen LogP contribution in [0.1, 0.15) is 18.1 Å². The quantitative estimate of drug-likeness (QED) is 0.258. The second-order valence-electron chi connectivity index (χ2n) is 9.81. The van der Waals surface area contributed by atoms with Gasteiger partial charge in [0.25, 0.3) is 11.8 Å². The van der Waals surface area contributed by atoms with E-state index in [9.17, 15) is 24.0 Å². The molecular formula is C31H28N4O9. The molecule has 13 heteroatoms. The Kier molecular flexibility index (Phi) is 9.25. The summed E-state index contributed by atoms with van der Waals surface area (Å²) >= 11 is 0. The number of carbonyl (C=O) groups excluding carboxylic acids is 4. The number of rotatable bonds is 10. The summed E-state index contributed by atoms with van der Waals surface area (Å²) in [5.41, 5.74) is 2.84. The minimum atomic E-state index is -1.59. The van der Waals surface area contributed by atoms with E-state index >= 15 is 0 Å². The van der Waals surface area contributed by atoms with Crippen LogP contribution in [0.5, 0.6) is 0 Å². The van der Waals surface area contributed by atoms with Crippen molar-refractivity contribution in [2.75, 3.05) is 23.4 Å². The lowest BCUT2D eigenvalue weighted by Gasteiger charge is -2.35. The van der Waals surface area contributed by atoms with Gasteiger partial charge in [0.2, 0.25) is 6.10 Å². The lowest BCUT2D eigenvalue weighted by molar-refractivity contribution is -0.167. The second kappa shape index (κ2) is 13.6. The molecular weight excluding hydrogens is 572 g/mol. The monoisotopic (exact) mass is 600 g/mol. The molecule has 0 aliphatic carbocycles. The fourth-order valence-electron chi connectivity index (χ4n) is 4.58. The number of esters is 2. The van der Waals surface area contributed by atoms with E-state index in [1.54, 1.807) is 36.4 Å². The van der Waals surface area contributed by atoms with Crippen LogP contribution in [0, 0.1) is 0 Å². The number of morpholine rings is 1. The van der Waals surface area contributed by atoms with Crippen molar-refractivity contribution < 1.29 is 37.9 Å². The summed E-state index contributed by atoms with van der Waals surface area (Å²) in [6, 6.07) is 22.4. The van der Waals surface area contributed by atoms with Gasteiger partial charge in [0.05, 0.1) is 13.0 Å². The lowest BCUT2D eigenvalue weighted by Crippen LogP contribution is -2.56. The number of amides is 2. The largest absolute Gasteiger partial charge is 0.461 e. The van der Waals surface area contributed by atoms with Crippen molar-refractivity contribution >= 4 is 35.1 Å². The van der Waals surface area contributed by atoms with E-state index in [0.29, 0.717) is 22.5 Å². The van der Waals surface area contributed by atoms with E-state index in [0.717, 1.165) is 12.5 Å². The Balaban J connectivity index is 1.26. The maximum atomic E-state index is 13.6. The van der Waals surface area contributed by atoms with Gasteiger partial charge in [-0.3, -0.25) is 28.7 Å². The van der Waals surface area contributed by atoms with Gasteiger partial charge in [-0.05, 0) is 47.5 Å². The molecule has 2 heterocycles. The number of anilines is 2. The Morgan fingerprint density at radius 1 is 1.02 bits per heavy atom. The van der Waals surface area contributed by atoms with Crippen LogP contribution in [-0.2, 0) is 46.4 Å². The first-order valence-corrected chi connectivity index (χ1v) is 13.6. The summed E-state index contributed by atoms with van der Waals surface area (Å²) in [6.45, 7) is 1.51. The summed E-state index contributed by atoms with van der Waals surface area (Å²) in [6.07, 6.45) is -3.02. The van der Waals surface area contributed by atoms with Gasteiger partial charge in [-0.2, -0.15) is 0 Å². The average Bonchev–Trinajstić information content (AvgIpc) is 3.46. The number of H-pyrrole nitrogens is 1. The van der Waals surface area contributed by atoms with E-state index < -0.39 is 41.7 Å². The molecule has 0 saturated carbocycles. The number of carbonyl (C=O) groups is 4. The molecule has 1 aromatic heterocycles. The Hall–Kier alpha value is -5.56. The maximum Gasteiger partial charge on any atom is 0.439 e. The van der Waals surface area contributed by atoms with Crippen molar-refractivity contribution in [2.45, 2.75) is 32.2 Å². The SMILES string of the molecule is CC(=O)O[C@@H](C(=O)Nc1ccc(-c2noc(=O)[nH]2)cc1)[C@H]1OCCN(c2cccc(CC(=O)OCc3ccccc3)c2)C1=O.